The van der Waals surface area contributed by atoms with Crippen LogP contribution in [0, 0.1) is 11.3 Å². The molecule has 0 saturated carbocycles. The Labute approximate surface area is 126 Å². The first-order chi connectivity index (χ1) is 10.1. The molecule has 0 saturated heterocycles. The van der Waals surface area contributed by atoms with E-state index in [1.54, 1.807) is 4.90 Å². The molecule has 0 radical (unpaired) electrons. The van der Waals surface area contributed by atoms with Crippen molar-refractivity contribution in [3.05, 3.63) is 29.8 Å². The number of ether oxygens (including phenoxy) is 1. The summed E-state index contributed by atoms with van der Waals surface area (Å²) in [6, 6.07) is 9.22. The molecule has 114 valence electrons. The van der Waals surface area contributed by atoms with Crippen LogP contribution in [0.1, 0.15) is 26.3 Å². The van der Waals surface area contributed by atoms with Gasteiger partial charge >= 0.3 is 0 Å². The maximum absolute atomic E-state index is 12.2. The summed E-state index contributed by atoms with van der Waals surface area (Å²) in [5.41, 5.74) is 0.937. The maximum Gasteiger partial charge on any atom is 0.239 e. The largest absolute Gasteiger partial charge is 0.478 e. The number of nitriles is 1. The average Bonchev–Trinajstić information content (AvgIpc) is 2.52. The highest BCUT2D eigenvalue weighted by Crippen LogP contribution is 2.17. The van der Waals surface area contributed by atoms with Crippen LogP contribution in [0.4, 0.5) is 0 Å². The second-order valence-corrected chi connectivity index (χ2v) is 4.67. The fourth-order valence-corrected chi connectivity index (χ4v) is 2.06. The number of hydrogen-bond donors (Lipinski definition) is 1. The number of amides is 1. The first kappa shape index (κ1) is 17.0. The molecule has 1 rings (SSSR count). The summed E-state index contributed by atoms with van der Waals surface area (Å²) in [5.74, 6) is 0.768. The van der Waals surface area contributed by atoms with Crippen LogP contribution in [-0.4, -0.2) is 36.5 Å². The Morgan fingerprint density at radius 1 is 1.38 bits per heavy atom. The molecule has 1 atom stereocenters. The van der Waals surface area contributed by atoms with Crippen molar-refractivity contribution in [2.24, 2.45) is 0 Å². The van der Waals surface area contributed by atoms with E-state index in [1.807, 2.05) is 51.1 Å². The molecular formula is C16H23N3O2. The van der Waals surface area contributed by atoms with E-state index in [0.717, 1.165) is 5.56 Å². The predicted molar refractivity (Wildman–Crippen MR) is 81.8 cm³/mol. The van der Waals surface area contributed by atoms with Crippen molar-refractivity contribution in [1.29, 1.82) is 5.26 Å². The van der Waals surface area contributed by atoms with Gasteiger partial charge in [-0.3, -0.25) is 4.79 Å². The topological polar surface area (TPSA) is 65.4 Å². The van der Waals surface area contributed by atoms with Gasteiger partial charge in [0, 0.05) is 25.2 Å². The molecule has 0 bridgehead atoms. The Hall–Kier alpha value is -2.06. The predicted octanol–water partition coefficient (Wildman–Crippen LogP) is 1.94. The lowest BCUT2D eigenvalue weighted by molar-refractivity contribution is -0.132. The van der Waals surface area contributed by atoms with Gasteiger partial charge in [0.1, 0.15) is 11.8 Å². The zero-order valence-electron chi connectivity index (χ0n) is 12.9. The van der Waals surface area contributed by atoms with Gasteiger partial charge in [-0.2, -0.15) is 5.26 Å². The lowest BCUT2D eigenvalue weighted by Crippen LogP contribution is -2.44. The van der Waals surface area contributed by atoms with E-state index in [-0.39, 0.29) is 18.6 Å². The molecule has 21 heavy (non-hydrogen) atoms. The normalized spacial score (nSPS) is 11.5. The van der Waals surface area contributed by atoms with E-state index in [1.165, 1.54) is 0 Å². The van der Waals surface area contributed by atoms with Gasteiger partial charge in [0.25, 0.3) is 0 Å². The number of likely N-dealkylation sites (N-methyl/N-ethyl adjacent to an activating group) is 1. The van der Waals surface area contributed by atoms with Crippen molar-refractivity contribution in [2.75, 3.05) is 19.7 Å². The Balaban J connectivity index is 2.62. The van der Waals surface area contributed by atoms with Crippen molar-refractivity contribution in [1.82, 2.24) is 10.2 Å². The highest BCUT2D eigenvalue weighted by atomic mass is 16.5. The Bertz CT molecular complexity index is 493. The summed E-state index contributed by atoms with van der Waals surface area (Å²) < 4.78 is 5.37. The highest BCUT2D eigenvalue weighted by Gasteiger charge is 2.17. The number of hydrogen-bond acceptors (Lipinski definition) is 4. The van der Waals surface area contributed by atoms with E-state index < -0.39 is 0 Å². The minimum atomic E-state index is -0.256. The average molecular weight is 289 g/mol. The van der Waals surface area contributed by atoms with Crippen LogP contribution in [0.5, 0.6) is 5.75 Å². The number of para-hydroxylation sites is 1. The summed E-state index contributed by atoms with van der Waals surface area (Å²) in [5, 5.41) is 11.8. The van der Waals surface area contributed by atoms with Crippen molar-refractivity contribution in [2.45, 2.75) is 33.4 Å². The third-order valence-electron chi connectivity index (χ3n) is 3.31. The van der Waals surface area contributed by atoms with E-state index in [0.29, 0.717) is 25.4 Å². The maximum atomic E-state index is 12.2. The van der Waals surface area contributed by atoms with Crippen LogP contribution in [0.15, 0.2) is 24.3 Å². The molecule has 1 aromatic carbocycles. The lowest BCUT2D eigenvalue weighted by Gasteiger charge is -2.23. The smallest absolute Gasteiger partial charge is 0.239 e. The third-order valence-corrected chi connectivity index (χ3v) is 3.31. The van der Waals surface area contributed by atoms with Crippen LogP contribution in [-0.2, 0) is 11.3 Å². The standard InChI is InChI=1S/C16H23N3O2/c1-4-19(5-2)16(20)13(3)18-12-14-8-6-7-9-15(14)21-11-10-17/h6-9,13,18H,4-5,11-12H2,1-3H3. The first-order valence-electron chi connectivity index (χ1n) is 7.23. The molecule has 1 unspecified atom stereocenters. The van der Waals surface area contributed by atoms with Gasteiger partial charge in [0.05, 0.1) is 6.04 Å². The molecule has 0 fully saturated rings. The zero-order valence-corrected chi connectivity index (χ0v) is 12.9. The Morgan fingerprint density at radius 2 is 2.05 bits per heavy atom. The molecule has 0 aliphatic rings. The number of carbonyl (C=O) groups excluding carboxylic acids is 1. The second-order valence-electron chi connectivity index (χ2n) is 4.67. The van der Waals surface area contributed by atoms with Gasteiger partial charge in [-0.15, -0.1) is 0 Å². The number of nitrogens with one attached hydrogen (secondary N) is 1. The quantitative estimate of drug-likeness (QED) is 0.794. The number of carbonyl (C=O) groups is 1. The van der Waals surface area contributed by atoms with Gasteiger partial charge in [-0.05, 0) is 26.8 Å². The summed E-state index contributed by atoms with van der Waals surface area (Å²) in [6.07, 6.45) is 0. The SMILES string of the molecule is CCN(CC)C(=O)C(C)NCc1ccccc1OCC#N. The molecule has 5 heteroatoms. The van der Waals surface area contributed by atoms with Gasteiger partial charge < -0.3 is 15.0 Å². The van der Waals surface area contributed by atoms with Gasteiger partial charge in [0.2, 0.25) is 5.91 Å². The molecular weight excluding hydrogens is 266 g/mol. The monoisotopic (exact) mass is 289 g/mol. The van der Waals surface area contributed by atoms with Gasteiger partial charge in [-0.1, -0.05) is 18.2 Å². The zero-order chi connectivity index (χ0) is 15.7. The second kappa shape index (κ2) is 8.98. The Kier molecular flexibility index (Phi) is 7.27. The molecule has 1 aromatic rings. The van der Waals surface area contributed by atoms with Crippen LogP contribution in [0.25, 0.3) is 0 Å². The molecule has 0 spiro atoms. The van der Waals surface area contributed by atoms with E-state index in [2.05, 4.69) is 5.32 Å². The minimum Gasteiger partial charge on any atom is -0.478 e. The molecule has 0 aliphatic heterocycles. The van der Waals surface area contributed by atoms with Gasteiger partial charge in [0.15, 0.2) is 6.61 Å². The van der Waals surface area contributed by atoms with E-state index in [9.17, 15) is 4.79 Å². The van der Waals surface area contributed by atoms with Crippen LogP contribution >= 0.6 is 0 Å². The van der Waals surface area contributed by atoms with Crippen LogP contribution < -0.4 is 10.1 Å². The van der Waals surface area contributed by atoms with E-state index >= 15 is 0 Å². The molecule has 1 amide bonds. The van der Waals surface area contributed by atoms with Crippen molar-refractivity contribution >= 4 is 5.91 Å². The van der Waals surface area contributed by atoms with Crippen LogP contribution in [0.2, 0.25) is 0 Å². The summed E-state index contributed by atoms with van der Waals surface area (Å²) in [7, 11) is 0. The molecule has 5 nitrogen and oxygen atoms in total. The Morgan fingerprint density at radius 3 is 2.67 bits per heavy atom. The highest BCUT2D eigenvalue weighted by molar-refractivity contribution is 5.81. The minimum absolute atomic E-state index is 0.0188. The van der Waals surface area contributed by atoms with Crippen molar-refractivity contribution in [3.63, 3.8) is 0 Å². The fourth-order valence-electron chi connectivity index (χ4n) is 2.06. The third kappa shape index (κ3) is 5.09. The molecule has 0 aromatic heterocycles. The summed E-state index contributed by atoms with van der Waals surface area (Å²) in [4.78, 5) is 14.0. The van der Waals surface area contributed by atoms with E-state index in [4.69, 9.17) is 10.00 Å². The van der Waals surface area contributed by atoms with Crippen molar-refractivity contribution in [3.8, 4) is 11.8 Å². The lowest BCUT2D eigenvalue weighted by atomic mass is 10.2. The fraction of sp³-hybridized carbons (Fsp3) is 0.500. The van der Waals surface area contributed by atoms with Gasteiger partial charge in [-0.25, -0.2) is 0 Å². The van der Waals surface area contributed by atoms with Crippen molar-refractivity contribution < 1.29 is 9.53 Å². The number of benzene rings is 1. The molecule has 0 heterocycles. The number of rotatable bonds is 8. The first-order valence-corrected chi connectivity index (χ1v) is 7.23. The molecule has 0 aliphatic carbocycles. The summed E-state index contributed by atoms with van der Waals surface area (Å²) in [6.45, 7) is 7.77. The number of nitrogens with zero attached hydrogens (tertiary/aromatic N) is 2. The van der Waals surface area contributed by atoms with Crippen LogP contribution in [0.3, 0.4) is 0 Å². The molecule has 1 N–H and O–H groups in total. The summed E-state index contributed by atoms with van der Waals surface area (Å²) >= 11 is 0.